The minimum Gasteiger partial charge on any atom is -0.341 e. The Morgan fingerprint density at radius 2 is 2.03 bits per heavy atom. The fourth-order valence-corrected chi connectivity index (χ4v) is 4.27. The largest absolute Gasteiger partial charge is 0.341 e. The number of hydrogen-bond acceptors (Lipinski definition) is 7. The van der Waals surface area contributed by atoms with Crippen LogP contribution in [0.4, 0.5) is 5.95 Å². The van der Waals surface area contributed by atoms with E-state index >= 15 is 0 Å². The molecule has 1 aromatic carbocycles. The molecule has 160 valence electrons. The molecule has 0 saturated carbocycles. The topological polar surface area (TPSA) is 128 Å². The molecule has 1 aliphatic heterocycles. The third-order valence-corrected chi connectivity index (χ3v) is 5.75. The van der Waals surface area contributed by atoms with E-state index in [2.05, 4.69) is 25.0 Å². The van der Waals surface area contributed by atoms with E-state index in [1.54, 1.807) is 24.4 Å². The fourth-order valence-electron chi connectivity index (χ4n) is 4.27. The van der Waals surface area contributed by atoms with Crippen LogP contribution >= 0.6 is 0 Å². The molecule has 10 nitrogen and oxygen atoms in total. The second-order valence-electron chi connectivity index (χ2n) is 7.88. The van der Waals surface area contributed by atoms with Gasteiger partial charge in [0.2, 0.25) is 5.95 Å². The molecule has 4 aromatic rings. The van der Waals surface area contributed by atoms with Gasteiger partial charge in [-0.1, -0.05) is 12.1 Å². The number of fused-ring (bicyclic) bond motifs is 2. The maximum atomic E-state index is 13.3. The first-order chi connectivity index (χ1) is 15.0. The third-order valence-electron chi connectivity index (χ3n) is 5.75. The molecule has 5 rings (SSSR count). The van der Waals surface area contributed by atoms with Crippen LogP contribution in [0.1, 0.15) is 25.6 Å². The van der Waals surface area contributed by atoms with Crippen LogP contribution in [0.25, 0.3) is 21.9 Å². The Kier molecular flexibility index (Phi) is 4.78. The monoisotopic (exact) mass is 420 g/mol. The van der Waals surface area contributed by atoms with E-state index in [0.717, 1.165) is 25.3 Å². The van der Waals surface area contributed by atoms with E-state index in [9.17, 15) is 9.59 Å². The highest BCUT2D eigenvalue weighted by Gasteiger charge is 2.24. The van der Waals surface area contributed by atoms with Gasteiger partial charge in [-0.3, -0.25) is 9.59 Å². The number of rotatable bonds is 4. The van der Waals surface area contributed by atoms with Gasteiger partial charge in [0.15, 0.2) is 0 Å². The molecular formula is C21H24N8O2. The lowest BCUT2D eigenvalue weighted by molar-refractivity contribution is 0.494. The molecule has 3 N–H and O–H groups in total. The molecule has 0 unspecified atom stereocenters. The van der Waals surface area contributed by atoms with Crippen LogP contribution in [0.2, 0.25) is 0 Å². The Labute approximate surface area is 177 Å². The van der Waals surface area contributed by atoms with Gasteiger partial charge in [0.25, 0.3) is 11.1 Å². The van der Waals surface area contributed by atoms with Crippen LogP contribution in [-0.4, -0.2) is 48.4 Å². The molecule has 0 spiro atoms. The standard InChI is InChI=1S/C21H24N8O2/c1-2-28-18-16(25-21(28)27-9-5-6-13(22)11-27)10-23-29(20(18)31)12-17-24-15-8-4-3-7-14(15)19(30)26-17/h3-4,7-8,10,13H,2,5-6,9,11-12,22H2,1H3,(H,24,26,30)/t13-/m1/s1. The molecule has 4 heterocycles. The third kappa shape index (κ3) is 3.38. The van der Waals surface area contributed by atoms with Crippen molar-refractivity contribution in [2.24, 2.45) is 5.73 Å². The Hall–Kier alpha value is -3.53. The van der Waals surface area contributed by atoms with Crippen molar-refractivity contribution in [1.82, 2.24) is 29.3 Å². The first-order valence-electron chi connectivity index (χ1n) is 10.5. The van der Waals surface area contributed by atoms with Crippen molar-refractivity contribution in [1.29, 1.82) is 0 Å². The predicted octanol–water partition coefficient (Wildman–Crippen LogP) is 0.825. The van der Waals surface area contributed by atoms with Crippen LogP contribution in [-0.2, 0) is 13.1 Å². The number of para-hydroxylation sites is 1. The van der Waals surface area contributed by atoms with Crippen LogP contribution in [0.5, 0.6) is 0 Å². The summed E-state index contributed by atoms with van der Waals surface area (Å²) in [5.41, 5.74) is 7.27. The van der Waals surface area contributed by atoms with E-state index in [1.165, 1.54) is 4.68 Å². The van der Waals surface area contributed by atoms with Crippen molar-refractivity contribution in [3.63, 3.8) is 0 Å². The number of hydrogen-bond donors (Lipinski definition) is 2. The number of imidazole rings is 1. The Morgan fingerprint density at radius 1 is 1.19 bits per heavy atom. The molecular weight excluding hydrogens is 396 g/mol. The Balaban J connectivity index is 1.57. The van der Waals surface area contributed by atoms with E-state index < -0.39 is 0 Å². The van der Waals surface area contributed by atoms with E-state index in [4.69, 9.17) is 5.73 Å². The number of aromatic amines is 1. The van der Waals surface area contributed by atoms with Crippen molar-refractivity contribution in [3.05, 3.63) is 57.0 Å². The van der Waals surface area contributed by atoms with Gasteiger partial charge in [0, 0.05) is 25.7 Å². The second kappa shape index (κ2) is 7.62. The summed E-state index contributed by atoms with van der Waals surface area (Å²) in [7, 11) is 0. The van der Waals surface area contributed by atoms with Crippen LogP contribution < -0.4 is 21.8 Å². The quantitative estimate of drug-likeness (QED) is 0.500. The lowest BCUT2D eigenvalue weighted by atomic mass is 10.1. The summed E-state index contributed by atoms with van der Waals surface area (Å²) < 4.78 is 3.24. The number of aryl methyl sites for hydroxylation is 1. The lowest BCUT2D eigenvalue weighted by Crippen LogP contribution is -2.44. The van der Waals surface area contributed by atoms with Crippen LogP contribution in [0.3, 0.4) is 0 Å². The Bertz CT molecular complexity index is 1390. The van der Waals surface area contributed by atoms with Crippen molar-refractivity contribution in [2.75, 3.05) is 18.0 Å². The van der Waals surface area contributed by atoms with E-state index in [-0.39, 0.29) is 23.7 Å². The smallest absolute Gasteiger partial charge is 0.293 e. The minimum absolute atomic E-state index is 0.0632. The molecule has 1 atom stereocenters. The Morgan fingerprint density at radius 3 is 2.84 bits per heavy atom. The fraction of sp³-hybridized carbons (Fsp3) is 0.381. The average Bonchev–Trinajstić information content (AvgIpc) is 3.15. The van der Waals surface area contributed by atoms with Gasteiger partial charge in [0.05, 0.1) is 17.1 Å². The van der Waals surface area contributed by atoms with Gasteiger partial charge in [-0.2, -0.15) is 5.10 Å². The summed E-state index contributed by atoms with van der Waals surface area (Å²) in [6, 6.07) is 7.20. The summed E-state index contributed by atoms with van der Waals surface area (Å²) in [4.78, 5) is 39.7. The molecule has 10 heteroatoms. The highest BCUT2D eigenvalue weighted by Crippen LogP contribution is 2.23. The highest BCUT2D eigenvalue weighted by atomic mass is 16.1. The zero-order valence-corrected chi connectivity index (χ0v) is 17.3. The van der Waals surface area contributed by atoms with Gasteiger partial charge < -0.3 is 20.2 Å². The molecule has 0 bridgehead atoms. The van der Waals surface area contributed by atoms with Crippen molar-refractivity contribution in [3.8, 4) is 0 Å². The first-order valence-corrected chi connectivity index (χ1v) is 10.5. The normalized spacial score (nSPS) is 17.0. The first kappa shape index (κ1) is 19.4. The zero-order valence-electron chi connectivity index (χ0n) is 17.3. The number of H-pyrrole nitrogens is 1. The second-order valence-corrected chi connectivity index (χ2v) is 7.88. The summed E-state index contributed by atoms with van der Waals surface area (Å²) in [6.07, 6.45) is 3.58. The van der Waals surface area contributed by atoms with Gasteiger partial charge in [-0.25, -0.2) is 14.6 Å². The molecule has 0 radical (unpaired) electrons. The van der Waals surface area contributed by atoms with Crippen molar-refractivity contribution in [2.45, 2.75) is 38.9 Å². The number of benzene rings is 1. The average molecular weight is 420 g/mol. The van der Waals surface area contributed by atoms with Gasteiger partial charge in [-0.15, -0.1) is 0 Å². The molecule has 0 amide bonds. The minimum atomic E-state index is -0.268. The van der Waals surface area contributed by atoms with Crippen LogP contribution in [0.15, 0.2) is 40.1 Å². The van der Waals surface area contributed by atoms with Gasteiger partial charge >= 0.3 is 0 Å². The molecule has 1 saturated heterocycles. The molecule has 1 fully saturated rings. The summed E-state index contributed by atoms with van der Waals surface area (Å²) >= 11 is 0. The SMILES string of the molecule is CCn1c(N2CCC[C@@H](N)C2)nc2cnn(Cc3nc4ccccc4c(=O)[nH]3)c(=O)c21. The molecule has 0 aliphatic carbocycles. The summed E-state index contributed by atoms with van der Waals surface area (Å²) in [5.74, 6) is 1.13. The van der Waals surface area contributed by atoms with Gasteiger partial charge in [0.1, 0.15) is 23.4 Å². The van der Waals surface area contributed by atoms with Gasteiger partial charge in [-0.05, 0) is 31.9 Å². The maximum Gasteiger partial charge on any atom is 0.293 e. The highest BCUT2D eigenvalue weighted by molar-refractivity contribution is 5.78. The maximum absolute atomic E-state index is 13.3. The molecule has 31 heavy (non-hydrogen) atoms. The predicted molar refractivity (Wildman–Crippen MR) is 118 cm³/mol. The number of aromatic nitrogens is 6. The van der Waals surface area contributed by atoms with Crippen molar-refractivity contribution < 1.29 is 0 Å². The molecule has 1 aliphatic rings. The summed E-state index contributed by atoms with van der Waals surface area (Å²) in [5, 5.41) is 4.79. The number of nitrogens with two attached hydrogens (primary N) is 1. The van der Waals surface area contributed by atoms with Crippen LogP contribution in [0, 0.1) is 0 Å². The van der Waals surface area contributed by atoms with E-state index in [1.807, 2.05) is 17.6 Å². The number of anilines is 1. The summed E-state index contributed by atoms with van der Waals surface area (Å²) in [6.45, 7) is 4.23. The van der Waals surface area contributed by atoms with Crippen molar-refractivity contribution >= 4 is 27.9 Å². The lowest BCUT2D eigenvalue weighted by Gasteiger charge is -2.31. The van der Waals surface area contributed by atoms with E-state index in [0.29, 0.717) is 40.9 Å². The zero-order chi connectivity index (χ0) is 21.5. The number of nitrogens with zero attached hydrogens (tertiary/aromatic N) is 6. The molecule has 3 aromatic heterocycles. The number of nitrogens with one attached hydrogen (secondary N) is 1. The number of piperidine rings is 1.